The Morgan fingerprint density at radius 3 is 2.80 bits per heavy atom. The Kier molecular flexibility index (Phi) is 4.19. The molecule has 0 saturated heterocycles. The van der Waals surface area contributed by atoms with Crippen LogP contribution in [0.4, 0.5) is 5.95 Å². The number of aromatic nitrogens is 5. The molecule has 4 heterocycles. The number of anilines is 1. The SMILES string of the molecule is Cc1noc(C)c1CN1CCn2nc(CNc3ncccn3)cc2C1. The molecule has 1 N–H and O–H groups in total. The van der Waals surface area contributed by atoms with Crippen molar-refractivity contribution in [3.8, 4) is 0 Å². The Morgan fingerprint density at radius 2 is 2.04 bits per heavy atom. The van der Waals surface area contributed by atoms with Crippen LogP contribution in [0, 0.1) is 13.8 Å². The third-order valence-corrected chi connectivity index (χ3v) is 4.48. The number of hydrogen-bond acceptors (Lipinski definition) is 7. The topological polar surface area (TPSA) is 84.9 Å². The second kappa shape index (κ2) is 6.64. The molecule has 3 aromatic rings. The van der Waals surface area contributed by atoms with Crippen molar-refractivity contribution in [3.63, 3.8) is 0 Å². The van der Waals surface area contributed by atoms with Gasteiger partial charge in [-0.1, -0.05) is 5.16 Å². The standard InChI is InChI=1S/C17H21N7O/c1-12-16(13(2)25-22-12)11-23-6-7-24-15(10-23)8-14(21-24)9-20-17-18-4-3-5-19-17/h3-5,8H,6-7,9-11H2,1-2H3,(H,18,19,20). The van der Waals surface area contributed by atoms with Crippen LogP contribution in [0.15, 0.2) is 29.0 Å². The molecule has 3 aromatic heterocycles. The van der Waals surface area contributed by atoms with Crippen LogP contribution >= 0.6 is 0 Å². The van der Waals surface area contributed by atoms with Crippen molar-refractivity contribution in [1.82, 2.24) is 29.8 Å². The van der Waals surface area contributed by atoms with Gasteiger partial charge < -0.3 is 9.84 Å². The average Bonchev–Trinajstić information content (AvgIpc) is 3.18. The van der Waals surface area contributed by atoms with Gasteiger partial charge in [-0.3, -0.25) is 9.58 Å². The fourth-order valence-corrected chi connectivity index (χ4v) is 3.11. The summed E-state index contributed by atoms with van der Waals surface area (Å²) < 4.78 is 7.36. The van der Waals surface area contributed by atoms with E-state index in [2.05, 4.69) is 41.2 Å². The zero-order chi connectivity index (χ0) is 17.2. The predicted molar refractivity (Wildman–Crippen MR) is 91.7 cm³/mol. The van der Waals surface area contributed by atoms with E-state index in [1.807, 2.05) is 13.8 Å². The van der Waals surface area contributed by atoms with Gasteiger partial charge in [-0.2, -0.15) is 5.10 Å². The minimum absolute atomic E-state index is 0.619. The van der Waals surface area contributed by atoms with Crippen molar-refractivity contribution >= 4 is 5.95 Å². The maximum absolute atomic E-state index is 5.27. The molecule has 4 rings (SSSR count). The molecular formula is C17H21N7O. The highest BCUT2D eigenvalue weighted by atomic mass is 16.5. The number of aryl methyl sites for hydroxylation is 2. The van der Waals surface area contributed by atoms with Gasteiger partial charge in [0.1, 0.15) is 5.76 Å². The summed E-state index contributed by atoms with van der Waals surface area (Å²) in [5.74, 6) is 1.53. The molecule has 0 aromatic carbocycles. The number of nitrogens with zero attached hydrogens (tertiary/aromatic N) is 6. The number of hydrogen-bond donors (Lipinski definition) is 1. The maximum Gasteiger partial charge on any atom is 0.222 e. The quantitative estimate of drug-likeness (QED) is 0.760. The second-order valence-corrected chi connectivity index (χ2v) is 6.29. The van der Waals surface area contributed by atoms with Crippen molar-refractivity contribution < 1.29 is 4.52 Å². The second-order valence-electron chi connectivity index (χ2n) is 6.29. The summed E-state index contributed by atoms with van der Waals surface area (Å²) in [6, 6.07) is 3.95. The molecule has 130 valence electrons. The van der Waals surface area contributed by atoms with E-state index in [9.17, 15) is 0 Å². The smallest absolute Gasteiger partial charge is 0.222 e. The van der Waals surface area contributed by atoms with Gasteiger partial charge in [0.25, 0.3) is 0 Å². The minimum Gasteiger partial charge on any atom is -0.361 e. The molecule has 0 unspecified atom stereocenters. The molecule has 0 spiro atoms. The highest BCUT2D eigenvalue weighted by Gasteiger charge is 2.21. The van der Waals surface area contributed by atoms with Crippen molar-refractivity contribution in [2.45, 2.75) is 40.0 Å². The molecule has 0 fully saturated rings. The summed E-state index contributed by atoms with van der Waals surface area (Å²) in [5.41, 5.74) is 4.39. The summed E-state index contributed by atoms with van der Waals surface area (Å²) >= 11 is 0. The Balaban J connectivity index is 1.41. The van der Waals surface area contributed by atoms with E-state index in [-0.39, 0.29) is 0 Å². The van der Waals surface area contributed by atoms with E-state index in [1.54, 1.807) is 18.5 Å². The summed E-state index contributed by atoms with van der Waals surface area (Å²) in [5, 5.41) is 11.9. The van der Waals surface area contributed by atoms with Gasteiger partial charge in [-0.25, -0.2) is 9.97 Å². The summed E-state index contributed by atoms with van der Waals surface area (Å²) in [7, 11) is 0. The first-order chi connectivity index (χ1) is 12.2. The van der Waals surface area contributed by atoms with E-state index in [0.29, 0.717) is 12.5 Å². The summed E-state index contributed by atoms with van der Waals surface area (Å²) in [4.78, 5) is 10.7. The lowest BCUT2D eigenvalue weighted by Crippen LogP contribution is -2.33. The summed E-state index contributed by atoms with van der Waals surface area (Å²) in [6.45, 7) is 8.17. The van der Waals surface area contributed by atoms with E-state index < -0.39 is 0 Å². The van der Waals surface area contributed by atoms with Crippen molar-refractivity contribution in [1.29, 1.82) is 0 Å². The van der Waals surface area contributed by atoms with Gasteiger partial charge in [0.05, 0.1) is 30.2 Å². The first-order valence-electron chi connectivity index (χ1n) is 8.39. The average molecular weight is 339 g/mol. The number of rotatable bonds is 5. The van der Waals surface area contributed by atoms with Crippen LogP contribution in [0.5, 0.6) is 0 Å². The van der Waals surface area contributed by atoms with Gasteiger partial charge in [-0.05, 0) is 26.0 Å². The fraction of sp³-hybridized carbons (Fsp3) is 0.412. The molecule has 0 bridgehead atoms. The van der Waals surface area contributed by atoms with E-state index >= 15 is 0 Å². The number of fused-ring (bicyclic) bond motifs is 1. The van der Waals surface area contributed by atoms with E-state index in [0.717, 1.165) is 43.3 Å². The first kappa shape index (κ1) is 15.8. The number of nitrogens with one attached hydrogen (secondary N) is 1. The fourth-order valence-electron chi connectivity index (χ4n) is 3.11. The van der Waals surface area contributed by atoms with Gasteiger partial charge in [0, 0.05) is 37.6 Å². The zero-order valence-corrected chi connectivity index (χ0v) is 14.4. The highest BCUT2D eigenvalue weighted by molar-refractivity contribution is 5.25. The first-order valence-corrected chi connectivity index (χ1v) is 8.39. The molecular weight excluding hydrogens is 318 g/mol. The van der Waals surface area contributed by atoms with Crippen LogP contribution in [0.25, 0.3) is 0 Å². The Morgan fingerprint density at radius 1 is 1.20 bits per heavy atom. The van der Waals surface area contributed by atoms with Crippen molar-refractivity contribution in [3.05, 3.63) is 52.9 Å². The summed E-state index contributed by atoms with van der Waals surface area (Å²) in [6.07, 6.45) is 3.44. The third-order valence-electron chi connectivity index (χ3n) is 4.48. The predicted octanol–water partition coefficient (Wildman–Crippen LogP) is 1.91. The molecule has 25 heavy (non-hydrogen) atoms. The molecule has 1 aliphatic rings. The lowest BCUT2D eigenvalue weighted by atomic mass is 10.1. The largest absolute Gasteiger partial charge is 0.361 e. The molecule has 1 aliphatic heterocycles. The van der Waals surface area contributed by atoms with Gasteiger partial charge in [0.2, 0.25) is 5.95 Å². The lowest BCUT2D eigenvalue weighted by molar-refractivity contribution is 0.203. The normalized spacial score (nSPS) is 14.5. The van der Waals surface area contributed by atoms with Gasteiger partial charge in [-0.15, -0.1) is 0 Å². The van der Waals surface area contributed by atoms with Crippen molar-refractivity contribution in [2.24, 2.45) is 0 Å². The van der Waals surface area contributed by atoms with Crippen LogP contribution in [-0.4, -0.2) is 36.3 Å². The molecule has 0 atom stereocenters. The van der Waals surface area contributed by atoms with Crippen LogP contribution in [0.3, 0.4) is 0 Å². The van der Waals surface area contributed by atoms with Gasteiger partial charge >= 0.3 is 0 Å². The highest BCUT2D eigenvalue weighted by Crippen LogP contribution is 2.20. The van der Waals surface area contributed by atoms with Crippen LogP contribution in [0.2, 0.25) is 0 Å². The third kappa shape index (κ3) is 3.39. The van der Waals surface area contributed by atoms with Crippen molar-refractivity contribution in [2.75, 3.05) is 11.9 Å². The van der Waals surface area contributed by atoms with Crippen LogP contribution in [0.1, 0.15) is 28.4 Å². The molecule has 8 heteroatoms. The Labute approximate surface area is 145 Å². The Hall–Kier alpha value is -2.74. The van der Waals surface area contributed by atoms with E-state index in [4.69, 9.17) is 4.52 Å². The minimum atomic E-state index is 0.619. The maximum atomic E-state index is 5.27. The lowest BCUT2D eigenvalue weighted by Gasteiger charge is -2.27. The Bertz CT molecular complexity index is 836. The van der Waals surface area contributed by atoms with Crippen LogP contribution in [-0.2, 0) is 26.2 Å². The molecule has 0 saturated carbocycles. The molecule has 0 aliphatic carbocycles. The molecule has 8 nitrogen and oxygen atoms in total. The monoisotopic (exact) mass is 339 g/mol. The van der Waals surface area contributed by atoms with Gasteiger partial charge in [0.15, 0.2) is 0 Å². The van der Waals surface area contributed by atoms with E-state index in [1.165, 1.54) is 11.3 Å². The van der Waals surface area contributed by atoms with Crippen LogP contribution < -0.4 is 5.32 Å². The zero-order valence-electron chi connectivity index (χ0n) is 14.4. The molecule has 0 radical (unpaired) electrons. The molecule has 0 amide bonds.